The number of amides is 1. The van der Waals surface area contributed by atoms with Crippen LogP contribution < -0.4 is 9.47 Å². The number of carbonyl (C=O) groups is 2. The molecule has 54 heavy (non-hydrogen) atoms. The smallest absolute Gasteiger partial charge is 0.410 e. The number of fused-ring (bicyclic) bond motifs is 2. The Morgan fingerprint density at radius 1 is 1.06 bits per heavy atom. The number of hydrogen-bond acceptors (Lipinski definition) is 10. The van der Waals surface area contributed by atoms with Crippen molar-refractivity contribution in [2.45, 2.75) is 82.5 Å². The highest BCUT2D eigenvalue weighted by Gasteiger charge is 2.65. The average Bonchev–Trinajstić information content (AvgIpc) is 3.18. The van der Waals surface area contributed by atoms with Crippen molar-refractivity contribution in [2.75, 3.05) is 40.1 Å². The zero-order chi connectivity index (χ0) is 38.5. The molecule has 3 aliphatic rings. The standard InChI is InChI=1S/C43H56N2O9/c1-5-8-24-51-42(49)45(20-6-2)39-28-37(44-50-4)35-26-31(15-9-11-21-46)34(17-10-12-22-47)40-36-27-33(53-32-16-13-14-30(25-32)29-48)18-19-38(36)54-43(39,41(35)40)52-23-7-3/h5,7,13-14,16,18-19,25-27,29,31,34,39-41,46-47H,1,3,6,8-12,15,17,20-24,28H2,2,4H3/t31-,34+,39-,40+,41+,43+/m0/s1. The third-order valence-electron chi connectivity index (χ3n) is 10.7. The van der Waals surface area contributed by atoms with Crippen LogP contribution in [0.1, 0.15) is 86.6 Å². The minimum absolute atomic E-state index is 0.0636. The molecule has 11 heteroatoms. The van der Waals surface area contributed by atoms with Gasteiger partial charge in [-0.2, -0.15) is 0 Å². The number of nitrogens with zero attached hydrogens (tertiary/aromatic N) is 2. The van der Waals surface area contributed by atoms with E-state index in [4.69, 9.17) is 23.8 Å². The molecule has 11 nitrogen and oxygen atoms in total. The number of unbranched alkanes of at least 4 members (excludes halogenated alkanes) is 2. The van der Waals surface area contributed by atoms with E-state index in [0.29, 0.717) is 67.2 Å². The lowest BCUT2D eigenvalue weighted by atomic mass is 9.55. The van der Waals surface area contributed by atoms with Gasteiger partial charge in [-0.25, -0.2) is 4.79 Å². The van der Waals surface area contributed by atoms with E-state index in [-0.39, 0.29) is 44.2 Å². The summed E-state index contributed by atoms with van der Waals surface area (Å²) in [6.07, 6.45) is 12.1. The van der Waals surface area contributed by atoms with E-state index in [1.165, 1.54) is 7.11 Å². The largest absolute Gasteiger partial charge is 0.459 e. The topological polar surface area (TPSA) is 136 Å². The first-order valence-electron chi connectivity index (χ1n) is 19.3. The number of aldehydes is 1. The van der Waals surface area contributed by atoms with Crippen LogP contribution in [0.4, 0.5) is 4.79 Å². The third-order valence-corrected chi connectivity index (χ3v) is 10.7. The highest BCUT2D eigenvalue weighted by molar-refractivity contribution is 6.03. The highest BCUT2D eigenvalue weighted by atomic mass is 16.7. The lowest BCUT2D eigenvalue weighted by molar-refractivity contribution is -0.255. The van der Waals surface area contributed by atoms with Gasteiger partial charge in [0.1, 0.15) is 36.7 Å². The second-order valence-corrected chi connectivity index (χ2v) is 14.1. The first-order valence-corrected chi connectivity index (χ1v) is 19.3. The van der Waals surface area contributed by atoms with Gasteiger partial charge >= 0.3 is 6.09 Å². The van der Waals surface area contributed by atoms with E-state index in [9.17, 15) is 19.8 Å². The Labute approximate surface area is 319 Å². The second-order valence-electron chi connectivity index (χ2n) is 14.1. The van der Waals surface area contributed by atoms with E-state index < -0.39 is 23.8 Å². The van der Waals surface area contributed by atoms with Crippen LogP contribution in [-0.4, -0.2) is 85.1 Å². The summed E-state index contributed by atoms with van der Waals surface area (Å²) >= 11 is 0. The van der Waals surface area contributed by atoms with E-state index in [2.05, 4.69) is 24.4 Å². The summed E-state index contributed by atoms with van der Waals surface area (Å²) < 4.78 is 26.3. The lowest BCUT2D eigenvalue weighted by Gasteiger charge is -2.59. The van der Waals surface area contributed by atoms with Crippen LogP contribution in [0.3, 0.4) is 0 Å². The average molecular weight is 745 g/mol. The molecule has 0 bridgehead atoms. The van der Waals surface area contributed by atoms with Crippen LogP contribution in [0.5, 0.6) is 17.2 Å². The van der Waals surface area contributed by atoms with Crippen molar-refractivity contribution in [2.24, 2.45) is 22.9 Å². The van der Waals surface area contributed by atoms with Crippen molar-refractivity contribution in [3.05, 3.63) is 90.6 Å². The summed E-state index contributed by atoms with van der Waals surface area (Å²) in [5.74, 6) is -0.132. The minimum Gasteiger partial charge on any atom is -0.459 e. The predicted octanol–water partition coefficient (Wildman–Crippen LogP) is 7.98. The molecule has 6 atom stereocenters. The molecule has 1 fully saturated rings. The summed E-state index contributed by atoms with van der Waals surface area (Å²) in [4.78, 5) is 32.8. The monoisotopic (exact) mass is 744 g/mol. The molecule has 1 amide bonds. The zero-order valence-electron chi connectivity index (χ0n) is 31.7. The Morgan fingerprint density at radius 2 is 1.83 bits per heavy atom. The molecule has 2 aromatic carbocycles. The molecule has 0 unspecified atom stereocenters. The molecular formula is C43H56N2O9. The molecule has 1 heterocycles. The van der Waals surface area contributed by atoms with Crippen molar-refractivity contribution < 1.29 is 43.6 Å². The first kappa shape index (κ1) is 40.7. The van der Waals surface area contributed by atoms with E-state index >= 15 is 0 Å². The summed E-state index contributed by atoms with van der Waals surface area (Å²) in [5, 5.41) is 24.2. The maximum Gasteiger partial charge on any atom is 0.410 e. The maximum absolute atomic E-state index is 14.0. The van der Waals surface area contributed by atoms with Gasteiger partial charge in [0.2, 0.25) is 5.79 Å². The maximum atomic E-state index is 14.0. The van der Waals surface area contributed by atoms with Crippen LogP contribution in [0, 0.1) is 17.8 Å². The van der Waals surface area contributed by atoms with Gasteiger partial charge in [-0.15, -0.1) is 13.2 Å². The fraction of sp³-hybridized carbons (Fsp3) is 0.512. The van der Waals surface area contributed by atoms with Gasteiger partial charge in [0.25, 0.3) is 0 Å². The Bertz CT molecular complexity index is 1660. The molecule has 5 rings (SSSR count). The zero-order valence-corrected chi connectivity index (χ0v) is 31.7. The molecule has 2 aliphatic carbocycles. The fourth-order valence-electron chi connectivity index (χ4n) is 8.54. The first-order chi connectivity index (χ1) is 26.4. The Balaban J connectivity index is 1.75. The fourth-order valence-corrected chi connectivity index (χ4v) is 8.54. The number of oxime groups is 1. The molecular weight excluding hydrogens is 688 g/mol. The second kappa shape index (κ2) is 19.8. The normalized spacial score (nSPS) is 24.6. The number of ether oxygens (including phenoxy) is 4. The van der Waals surface area contributed by atoms with E-state index in [1.54, 1.807) is 35.3 Å². The molecule has 2 aromatic rings. The predicted molar refractivity (Wildman–Crippen MR) is 207 cm³/mol. The Hall–Kier alpha value is -4.45. The summed E-state index contributed by atoms with van der Waals surface area (Å²) in [7, 11) is 1.53. The van der Waals surface area contributed by atoms with Crippen molar-refractivity contribution in [1.82, 2.24) is 4.90 Å². The quantitative estimate of drug-likeness (QED) is 0.0564. The number of aliphatic hydroxyl groups excluding tert-OH is 2. The van der Waals surface area contributed by atoms with Crippen molar-refractivity contribution in [1.29, 1.82) is 0 Å². The van der Waals surface area contributed by atoms with Crippen LogP contribution >= 0.6 is 0 Å². The number of aliphatic hydroxyl groups is 2. The van der Waals surface area contributed by atoms with Crippen molar-refractivity contribution >= 4 is 18.1 Å². The highest BCUT2D eigenvalue weighted by Crippen LogP contribution is 2.62. The number of rotatable bonds is 21. The molecule has 292 valence electrons. The number of carbonyl (C=O) groups excluding carboxylic acids is 2. The van der Waals surface area contributed by atoms with Crippen molar-refractivity contribution in [3.63, 3.8) is 0 Å². The van der Waals surface area contributed by atoms with Gasteiger partial charge in [-0.1, -0.05) is 55.3 Å². The van der Waals surface area contributed by atoms with E-state index in [0.717, 1.165) is 43.1 Å². The van der Waals surface area contributed by atoms with Crippen molar-refractivity contribution in [3.8, 4) is 17.2 Å². The van der Waals surface area contributed by atoms with Gasteiger partial charge < -0.3 is 34.0 Å². The van der Waals surface area contributed by atoms with Gasteiger partial charge in [-0.05, 0) is 86.3 Å². The summed E-state index contributed by atoms with van der Waals surface area (Å²) in [6.45, 7) is 10.7. The van der Waals surface area contributed by atoms with Crippen LogP contribution in [0.25, 0.3) is 0 Å². The number of benzene rings is 2. The third kappa shape index (κ3) is 8.91. The molecule has 2 N–H and O–H groups in total. The summed E-state index contributed by atoms with van der Waals surface area (Å²) in [5.41, 5.74) is 3.09. The number of allylic oxidation sites excluding steroid dienone is 1. The van der Waals surface area contributed by atoms with Gasteiger partial charge in [0.15, 0.2) is 0 Å². The van der Waals surface area contributed by atoms with Crippen LogP contribution in [-0.2, 0) is 14.3 Å². The lowest BCUT2D eigenvalue weighted by Crippen LogP contribution is -2.70. The number of hydrogen-bond donors (Lipinski definition) is 2. The molecule has 0 radical (unpaired) electrons. The SMILES string of the molecule is C=CCCOC(=O)N(CCC)[C@H]1CC(=NOC)C2=C[C@H](CCCCO)[C@@H](CCCCO)[C@@H]3c4cc(Oc5cccc(C=O)c5)ccc4O[C@@]1(OCC=C)[C@H]23. The van der Waals surface area contributed by atoms with Crippen LogP contribution in [0.2, 0.25) is 0 Å². The Kier molecular flexibility index (Phi) is 14.9. The molecule has 1 aliphatic heterocycles. The van der Waals surface area contributed by atoms with E-state index in [1.807, 2.05) is 31.2 Å². The molecule has 0 saturated heterocycles. The van der Waals surface area contributed by atoms with Crippen LogP contribution in [0.15, 0.2) is 84.6 Å². The molecule has 1 saturated carbocycles. The summed E-state index contributed by atoms with van der Waals surface area (Å²) in [6, 6.07) is 12.1. The minimum atomic E-state index is -1.37. The molecule has 0 aromatic heterocycles. The Morgan fingerprint density at radius 3 is 2.54 bits per heavy atom. The van der Waals surface area contributed by atoms with Gasteiger partial charge in [0.05, 0.1) is 24.8 Å². The van der Waals surface area contributed by atoms with Gasteiger partial charge in [-0.3, -0.25) is 9.69 Å². The van der Waals surface area contributed by atoms with Gasteiger partial charge in [0, 0.05) is 43.2 Å². The molecule has 0 spiro atoms.